The van der Waals surface area contributed by atoms with E-state index in [1.807, 2.05) is 48.5 Å². The molecule has 2 aromatic carbocycles. The lowest BCUT2D eigenvalue weighted by Gasteiger charge is -2.11. The van der Waals surface area contributed by atoms with E-state index in [0.717, 1.165) is 29.7 Å². The largest absolute Gasteiger partial charge is 0.493 e. The van der Waals surface area contributed by atoms with Crippen molar-refractivity contribution >= 4 is 12.1 Å². The molecule has 1 amide bonds. The number of nitrogens with zero attached hydrogens (tertiary/aromatic N) is 1. The zero-order chi connectivity index (χ0) is 18.6. The quantitative estimate of drug-likeness (QED) is 0.519. The molecule has 2 aromatic rings. The molecule has 0 unspecified atom stereocenters. The average molecular weight is 354 g/mol. The Hall–Kier alpha value is -2.82. The third-order valence-electron chi connectivity index (χ3n) is 3.52. The second-order valence-corrected chi connectivity index (χ2v) is 5.85. The Balaban J connectivity index is 1.99. The minimum absolute atomic E-state index is 0.161. The fourth-order valence-electron chi connectivity index (χ4n) is 2.26. The fraction of sp³-hybridized carbons (Fsp3) is 0.333. The zero-order valence-corrected chi connectivity index (χ0v) is 15.4. The van der Waals surface area contributed by atoms with Crippen molar-refractivity contribution in [1.82, 2.24) is 5.43 Å². The maximum Gasteiger partial charge on any atom is 0.244 e. The average Bonchev–Trinajstić information content (AvgIpc) is 2.66. The van der Waals surface area contributed by atoms with Gasteiger partial charge in [0.1, 0.15) is 11.5 Å². The Morgan fingerprint density at radius 2 is 1.77 bits per heavy atom. The van der Waals surface area contributed by atoms with E-state index in [0.29, 0.717) is 25.4 Å². The summed E-state index contributed by atoms with van der Waals surface area (Å²) < 4.78 is 11.4. The van der Waals surface area contributed by atoms with Crippen molar-refractivity contribution in [3.63, 3.8) is 0 Å². The number of rotatable bonds is 10. The summed E-state index contributed by atoms with van der Waals surface area (Å²) in [6, 6.07) is 15.2. The van der Waals surface area contributed by atoms with E-state index in [2.05, 4.69) is 24.4 Å². The van der Waals surface area contributed by atoms with Gasteiger partial charge in [0, 0.05) is 11.6 Å². The first-order valence-electron chi connectivity index (χ1n) is 8.98. The molecule has 2 rings (SSSR count). The first kappa shape index (κ1) is 19.5. The molecular formula is C21H26N2O3. The van der Waals surface area contributed by atoms with Crippen LogP contribution in [-0.4, -0.2) is 25.3 Å². The van der Waals surface area contributed by atoms with Crippen LogP contribution in [-0.2, 0) is 11.2 Å². The van der Waals surface area contributed by atoms with Crippen molar-refractivity contribution in [2.75, 3.05) is 13.2 Å². The van der Waals surface area contributed by atoms with Gasteiger partial charge in [-0.25, -0.2) is 5.43 Å². The lowest BCUT2D eigenvalue weighted by molar-refractivity contribution is -0.120. The van der Waals surface area contributed by atoms with Crippen LogP contribution in [0.25, 0.3) is 0 Å². The molecule has 0 saturated carbocycles. The monoisotopic (exact) mass is 354 g/mol. The van der Waals surface area contributed by atoms with E-state index in [-0.39, 0.29) is 5.91 Å². The first-order chi connectivity index (χ1) is 12.7. The summed E-state index contributed by atoms with van der Waals surface area (Å²) in [6.45, 7) is 5.39. The maximum atomic E-state index is 12.0. The van der Waals surface area contributed by atoms with Gasteiger partial charge < -0.3 is 9.47 Å². The summed E-state index contributed by atoms with van der Waals surface area (Å²) in [6.07, 6.45) is 3.74. The highest BCUT2D eigenvalue weighted by molar-refractivity contribution is 5.86. The smallest absolute Gasteiger partial charge is 0.244 e. The molecule has 0 heterocycles. The van der Waals surface area contributed by atoms with Crippen molar-refractivity contribution in [3.05, 3.63) is 59.7 Å². The number of hydrogen-bond acceptors (Lipinski definition) is 4. The standard InChI is InChI=1S/C21H26N2O3/c1-3-12-25-19-11-10-18(20(15-19)26-13-4-2)16-22-23-21(24)14-17-8-6-5-7-9-17/h5-11,15-16H,3-4,12-14H2,1-2H3,(H,23,24). The first-order valence-corrected chi connectivity index (χ1v) is 8.98. The molecule has 0 spiro atoms. The molecule has 138 valence electrons. The Labute approximate surface area is 155 Å². The fourth-order valence-corrected chi connectivity index (χ4v) is 2.26. The van der Waals surface area contributed by atoms with Crippen molar-refractivity contribution < 1.29 is 14.3 Å². The molecular weight excluding hydrogens is 328 g/mol. The van der Waals surface area contributed by atoms with Gasteiger partial charge >= 0.3 is 0 Å². The second kappa shape index (κ2) is 10.9. The van der Waals surface area contributed by atoms with Gasteiger partial charge in [-0.3, -0.25) is 4.79 Å². The lowest BCUT2D eigenvalue weighted by Crippen LogP contribution is -2.19. The Kier molecular flexibility index (Phi) is 8.19. The summed E-state index contributed by atoms with van der Waals surface area (Å²) in [5, 5.41) is 4.05. The highest BCUT2D eigenvalue weighted by atomic mass is 16.5. The summed E-state index contributed by atoms with van der Waals surface area (Å²) in [5.74, 6) is 1.30. The van der Waals surface area contributed by atoms with Crippen LogP contribution in [0.15, 0.2) is 53.6 Å². The molecule has 5 nitrogen and oxygen atoms in total. The number of amides is 1. The van der Waals surface area contributed by atoms with Crippen LogP contribution in [0, 0.1) is 0 Å². The Morgan fingerprint density at radius 3 is 2.50 bits per heavy atom. The van der Waals surface area contributed by atoms with E-state index in [4.69, 9.17) is 9.47 Å². The van der Waals surface area contributed by atoms with E-state index >= 15 is 0 Å². The summed E-state index contributed by atoms with van der Waals surface area (Å²) in [4.78, 5) is 12.0. The third-order valence-corrected chi connectivity index (χ3v) is 3.52. The number of benzene rings is 2. The Bertz CT molecular complexity index is 714. The second-order valence-electron chi connectivity index (χ2n) is 5.85. The predicted octanol–water partition coefficient (Wildman–Crippen LogP) is 3.96. The van der Waals surface area contributed by atoms with Gasteiger partial charge in [-0.1, -0.05) is 44.2 Å². The van der Waals surface area contributed by atoms with Gasteiger partial charge in [0.25, 0.3) is 0 Å². The molecule has 0 radical (unpaired) electrons. The third kappa shape index (κ3) is 6.59. The molecule has 0 aliphatic carbocycles. The highest BCUT2D eigenvalue weighted by Crippen LogP contribution is 2.24. The topological polar surface area (TPSA) is 59.9 Å². The van der Waals surface area contributed by atoms with Crippen LogP contribution in [0.5, 0.6) is 11.5 Å². The number of nitrogens with one attached hydrogen (secondary N) is 1. The van der Waals surface area contributed by atoms with Gasteiger partial charge in [-0.2, -0.15) is 5.10 Å². The van der Waals surface area contributed by atoms with Crippen molar-refractivity contribution in [2.24, 2.45) is 5.10 Å². The summed E-state index contributed by atoms with van der Waals surface area (Å²) in [5.41, 5.74) is 4.30. The molecule has 0 fully saturated rings. The minimum atomic E-state index is -0.161. The van der Waals surface area contributed by atoms with Crippen molar-refractivity contribution in [1.29, 1.82) is 0 Å². The van der Waals surface area contributed by atoms with Crippen molar-refractivity contribution in [3.8, 4) is 11.5 Å². The van der Waals surface area contributed by atoms with E-state index < -0.39 is 0 Å². The minimum Gasteiger partial charge on any atom is -0.493 e. The van der Waals surface area contributed by atoms with Crippen molar-refractivity contribution in [2.45, 2.75) is 33.1 Å². The zero-order valence-electron chi connectivity index (χ0n) is 15.4. The van der Waals surface area contributed by atoms with Crippen LogP contribution in [0.3, 0.4) is 0 Å². The Morgan fingerprint density at radius 1 is 1.04 bits per heavy atom. The molecule has 26 heavy (non-hydrogen) atoms. The summed E-state index contributed by atoms with van der Waals surface area (Å²) >= 11 is 0. The van der Waals surface area contributed by atoms with Crippen LogP contribution in [0.4, 0.5) is 0 Å². The van der Waals surface area contributed by atoms with Crippen LogP contribution in [0.2, 0.25) is 0 Å². The predicted molar refractivity (Wildman–Crippen MR) is 104 cm³/mol. The number of hydrogen-bond donors (Lipinski definition) is 1. The van der Waals surface area contributed by atoms with Gasteiger partial charge in [0.2, 0.25) is 5.91 Å². The normalized spacial score (nSPS) is 10.7. The molecule has 0 aliphatic heterocycles. The van der Waals surface area contributed by atoms with E-state index in [1.54, 1.807) is 6.21 Å². The van der Waals surface area contributed by atoms with Crippen LogP contribution in [0.1, 0.15) is 37.8 Å². The molecule has 0 aliphatic rings. The molecule has 0 bridgehead atoms. The number of carbonyl (C=O) groups is 1. The van der Waals surface area contributed by atoms with E-state index in [1.165, 1.54) is 0 Å². The van der Waals surface area contributed by atoms with Gasteiger partial charge in [0.15, 0.2) is 0 Å². The number of hydrazone groups is 1. The molecule has 1 N–H and O–H groups in total. The molecule has 0 aromatic heterocycles. The SMILES string of the molecule is CCCOc1ccc(C=NNC(=O)Cc2ccccc2)c(OCCC)c1. The number of carbonyl (C=O) groups excluding carboxylic acids is 1. The molecule has 0 atom stereocenters. The van der Waals surface area contributed by atoms with Gasteiger partial charge in [-0.15, -0.1) is 0 Å². The number of ether oxygens (including phenoxy) is 2. The summed E-state index contributed by atoms with van der Waals surface area (Å²) in [7, 11) is 0. The van der Waals surface area contributed by atoms with Crippen LogP contribution >= 0.6 is 0 Å². The highest BCUT2D eigenvalue weighted by Gasteiger charge is 2.06. The van der Waals surface area contributed by atoms with Gasteiger partial charge in [-0.05, 0) is 30.5 Å². The lowest BCUT2D eigenvalue weighted by atomic mass is 10.1. The maximum absolute atomic E-state index is 12.0. The molecule has 0 saturated heterocycles. The van der Waals surface area contributed by atoms with E-state index in [9.17, 15) is 4.79 Å². The molecule has 5 heteroatoms. The van der Waals surface area contributed by atoms with Crippen LogP contribution < -0.4 is 14.9 Å². The van der Waals surface area contributed by atoms with Gasteiger partial charge in [0.05, 0.1) is 25.8 Å².